The summed E-state index contributed by atoms with van der Waals surface area (Å²) in [7, 11) is 0. The van der Waals surface area contributed by atoms with Gasteiger partial charge in [-0.3, -0.25) is 4.79 Å². The molecule has 0 aromatic rings. The smallest absolute Gasteiger partial charge is 0.223 e. The third-order valence-corrected chi connectivity index (χ3v) is 3.80. The zero-order valence-electron chi connectivity index (χ0n) is 10.1. The van der Waals surface area contributed by atoms with Crippen LogP contribution in [0.3, 0.4) is 0 Å². The molecular weight excluding hydrogens is 218 g/mol. The minimum absolute atomic E-state index is 0.0770. The molecule has 5 heteroatoms. The summed E-state index contributed by atoms with van der Waals surface area (Å²) in [6.45, 7) is 0. The molecule has 1 unspecified atom stereocenters. The Morgan fingerprint density at radius 1 is 1.24 bits per heavy atom. The number of rotatable bonds is 4. The van der Waals surface area contributed by atoms with Crippen molar-refractivity contribution in [3.63, 3.8) is 0 Å². The number of carbonyl (C=O) groups excluding carboxylic acids is 1. The largest absolute Gasteiger partial charge is 0.409 e. The Bertz CT molecular complexity index is 307. The molecule has 0 aromatic heterocycles. The van der Waals surface area contributed by atoms with Gasteiger partial charge in [0.2, 0.25) is 5.91 Å². The molecule has 0 spiro atoms. The van der Waals surface area contributed by atoms with Crippen molar-refractivity contribution < 1.29 is 10.0 Å². The average Bonchev–Trinajstić information content (AvgIpc) is 3.20. The van der Waals surface area contributed by atoms with Crippen molar-refractivity contribution in [2.45, 2.75) is 51.0 Å². The fraction of sp³-hybridized carbons (Fsp3) is 0.833. The summed E-state index contributed by atoms with van der Waals surface area (Å²) < 4.78 is 0. The van der Waals surface area contributed by atoms with Crippen LogP contribution in [0.2, 0.25) is 0 Å². The van der Waals surface area contributed by atoms with Crippen molar-refractivity contribution in [3.8, 4) is 0 Å². The number of hydrogen-bond acceptors (Lipinski definition) is 3. The lowest BCUT2D eigenvalue weighted by atomic mass is 9.88. The predicted octanol–water partition coefficient (Wildman–Crippen LogP) is 1.21. The summed E-state index contributed by atoms with van der Waals surface area (Å²) in [5, 5.41) is 14.7. The first-order chi connectivity index (χ1) is 8.22. The number of hydrogen-bond donors (Lipinski definition) is 3. The molecule has 2 fully saturated rings. The molecule has 4 N–H and O–H groups in total. The lowest BCUT2D eigenvalue weighted by molar-refractivity contribution is -0.126. The summed E-state index contributed by atoms with van der Waals surface area (Å²) in [5.74, 6) is 0.694. The fourth-order valence-corrected chi connectivity index (χ4v) is 2.56. The lowest BCUT2D eigenvalue weighted by Crippen LogP contribution is -2.48. The zero-order valence-corrected chi connectivity index (χ0v) is 10.1. The quantitative estimate of drug-likeness (QED) is 0.298. The van der Waals surface area contributed by atoms with Crippen LogP contribution in [0.1, 0.15) is 44.9 Å². The highest BCUT2D eigenvalue weighted by Crippen LogP contribution is 2.33. The molecule has 1 atom stereocenters. The molecular formula is C12H21N3O2. The number of nitrogens with zero attached hydrogens (tertiary/aromatic N) is 1. The summed E-state index contributed by atoms with van der Waals surface area (Å²) in [5.41, 5.74) is 5.62. The lowest BCUT2D eigenvalue weighted by Gasteiger charge is -2.24. The second-order valence-electron chi connectivity index (χ2n) is 5.18. The van der Waals surface area contributed by atoms with Crippen molar-refractivity contribution in [1.82, 2.24) is 5.32 Å². The van der Waals surface area contributed by atoms with Crippen molar-refractivity contribution in [2.75, 3.05) is 0 Å². The Morgan fingerprint density at radius 3 is 2.41 bits per heavy atom. The highest BCUT2D eigenvalue weighted by atomic mass is 16.4. The molecule has 17 heavy (non-hydrogen) atoms. The van der Waals surface area contributed by atoms with Gasteiger partial charge in [-0.1, -0.05) is 24.4 Å². The van der Waals surface area contributed by atoms with Gasteiger partial charge in [0.15, 0.2) is 5.84 Å². The summed E-state index contributed by atoms with van der Waals surface area (Å²) in [6, 6.07) is -0.269. The molecule has 2 aliphatic carbocycles. The summed E-state index contributed by atoms with van der Waals surface area (Å²) in [6.07, 6.45) is 7.54. The Labute approximate surface area is 101 Å². The highest BCUT2D eigenvalue weighted by Gasteiger charge is 2.36. The minimum atomic E-state index is -0.269. The van der Waals surface area contributed by atoms with Crippen LogP contribution in [0.5, 0.6) is 0 Å². The van der Waals surface area contributed by atoms with Gasteiger partial charge in [-0.2, -0.15) is 0 Å². The minimum Gasteiger partial charge on any atom is -0.409 e. The van der Waals surface area contributed by atoms with Crippen LogP contribution in [-0.2, 0) is 4.79 Å². The van der Waals surface area contributed by atoms with Gasteiger partial charge in [0.25, 0.3) is 0 Å². The number of amidine groups is 1. The van der Waals surface area contributed by atoms with Gasteiger partial charge >= 0.3 is 0 Å². The van der Waals surface area contributed by atoms with Crippen LogP contribution >= 0.6 is 0 Å². The molecule has 0 radical (unpaired) electrons. The Balaban J connectivity index is 1.90. The van der Waals surface area contributed by atoms with Crippen LogP contribution < -0.4 is 11.1 Å². The van der Waals surface area contributed by atoms with Gasteiger partial charge in [0, 0.05) is 5.92 Å². The number of oxime groups is 1. The third-order valence-electron chi connectivity index (χ3n) is 3.80. The molecule has 5 nitrogen and oxygen atoms in total. The maximum absolute atomic E-state index is 12.1. The topological polar surface area (TPSA) is 87.7 Å². The highest BCUT2D eigenvalue weighted by molar-refractivity contribution is 5.91. The Kier molecular flexibility index (Phi) is 3.86. The fourth-order valence-electron chi connectivity index (χ4n) is 2.56. The van der Waals surface area contributed by atoms with E-state index in [4.69, 9.17) is 10.9 Å². The molecule has 1 amide bonds. The third kappa shape index (κ3) is 3.11. The van der Waals surface area contributed by atoms with Gasteiger partial charge in [-0.05, 0) is 31.6 Å². The van der Waals surface area contributed by atoms with E-state index < -0.39 is 0 Å². The van der Waals surface area contributed by atoms with Crippen molar-refractivity contribution in [2.24, 2.45) is 22.7 Å². The molecule has 96 valence electrons. The van der Waals surface area contributed by atoms with E-state index in [-0.39, 0.29) is 23.7 Å². The first-order valence-electron chi connectivity index (χ1n) is 6.50. The van der Waals surface area contributed by atoms with E-state index in [0.29, 0.717) is 5.92 Å². The van der Waals surface area contributed by atoms with Gasteiger partial charge < -0.3 is 16.3 Å². The number of nitrogens with one attached hydrogen (secondary N) is 1. The molecule has 0 heterocycles. The monoisotopic (exact) mass is 239 g/mol. The van der Waals surface area contributed by atoms with Gasteiger partial charge in [-0.25, -0.2) is 0 Å². The van der Waals surface area contributed by atoms with Crippen LogP contribution in [0.4, 0.5) is 0 Å². The Hall–Kier alpha value is -1.26. The maximum atomic E-state index is 12.1. The number of nitrogens with two attached hydrogens (primary N) is 1. The van der Waals surface area contributed by atoms with Gasteiger partial charge in [0.05, 0.1) is 6.04 Å². The van der Waals surface area contributed by atoms with E-state index in [0.717, 1.165) is 38.5 Å². The average molecular weight is 239 g/mol. The first-order valence-corrected chi connectivity index (χ1v) is 6.50. The molecule has 0 aromatic carbocycles. The standard InChI is InChI=1S/C12H21N3O2/c13-11(15-17)10(8-6-7-8)14-12(16)9-4-2-1-3-5-9/h8-10,17H,1-7H2,(H2,13,15)(H,14,16). The summed E-state index contributed by atoms with van der Waals surface area (Å²) in [4.78, 5) is 12.1. The molecule has 2 rings (SSSR count). The molecule has 0 aliphatic heterocycles. The van der Waals surface area contributed by atoms with E-state index in [2.05, 4.69) is 10.5 Å². The molecule has 0 bridgehead atoms. The molecule has 2 aliphatic rings. The van der Waals surface area contributed by atoms with Crippen LogP contribution in [-0.4, -0.2) is 23.0 Å². The van der Waals surface area contributed by atoms with E-state index >= 15 is 0 Å². The first kappa shape index (κ1) is 12.2. The molecule has 0 saturated heterocycles. The predicted molar refractivity (Wildman–Crippen MR) is 64.6 cm³/mol. The van der Waals surface area contributed by atoms with E-state index in [1.165, 1.54) is 6.42 Å². The van der Waals surface area contributed by atoms with E-state index in [1.54, 1.807) is 0 Å². The Morgan fingerprint density at radius 2 is 1.88 bits per heavy atom. The van der Waals surface area contributed by atoms with Crippen LogP contribution in [0.15, 0.2) is 5.16 Å². The van der Waals surface area contributed by atoms with Crippen molar-refractivity contribution in [1.29, 1.82) is 0 Å². The molecule has 2 saturated carbocycles. The number of amides is 1. The number of carbonyl (C=O) groups is 1. The van der Waals surface area contributed by atoms with E-state index in [1.807, 2.05) is 0 Å². The van der Waals surface area contributed by atoms with Crippen LogP contribution in [0, 0.1) is 11.8 Å². The maximum Gasteiger partial charge on any atom is 0.223 e. The van der Waals surface area contributed by atoms with E-state index in [9.17, 15) is 4.79 Å². The second-order valence-corrected chi connectivity index (χ2v) is 5.18. The van der Waals surface area contributed by atoms with Crippen molar-refractivity contribution >= 4 is 11.7 Å². The SMILES string of the molecule is NC(=NO)C(NC(=O)C1CCCCC1)C1CC1. The van der Waals surface area contributed by atoms with Crippen molar-refractivity contribution in [3.05, 3.63) is 0 Å². The van der Waals surface area contributed by atoms with Gasteiger partial charge in [-0.15, -0.1) is 0 Å². The zero-order chi connectivity index (χ0) is 12.3. The second kappa shape index (κ2) is 5.38. The van der Waals surface area contributed by atoms with Gasteiger partial charge in [0.1, 0.15) is 0 Å². The normalized spacial score (nSPS) is 24.4. The van der Waals surface area contributed by atoms with Crippen LogP contribution in [0.25, 0.3) is 0 Å². The summed E-state index contributed by atoms with van der Waals surface area (Å²) >= 11 is 0.